The number of rotatable bonds is 7. The van der Waals surface area contributed by atoms with Gasteiger partial charge >= 0.3 is 0 Å². The largest absolute Gasteiger partial charge is 0.383 e. The molecule has 0 aliphatic carbocycles. The van der Waals surface area contributed by atoms with E-state index in [-0.39, 0.29) is 10.9 Å². The van der Waals surface area contributed by atoms with Gasteiger partial charge in [-0.15, -0.1) is 0 Å². The van der Waals surface area contributed by atoms with Crippen LogP contribution < -0.4 is 4.72 Å². The Labute approximate surface area is 103 Å². The minimum absolute atomic E-state index is 0.171. The zero-order valence-corrected chi connectivity index (χ0v) is 11.0. The topological polar surface area (TPSA) is 55.4 Å². The molecule has 0 spiro atoms. The molecule has 5 heteroatoms. The maximum Gasteiger partial charge on any atom is 0.240 e. The number of ether oxygens (including phenoxy) is 1. The van der Waals surface area contributed by atoms with Crippen molar-refractivity contribution in [3.05, 3.63) is 30.3 Å². The van der Waals surface area contributed by atoms with Crippen LogP contribution >= 0.6 is 0 Å². The van der Waals surface area contributed by atoms with E-state index in [1.165, 1.54) is 0 Å². The van der Waals surface area contributed by atoms with E-state index in [4.69, 9.17) is 4.74 Å². The number of methoxy groups -OCH3 is 1. The molecular formula is C12H19NO3S. The molecule has 4 nitrogen and oxygen atoms in total. The Balaban J connectivity index is 2.77. The fraction of sp³-hybridized carbons (Fsp3) is 0.500. The van der Waals surface area contributed by atoms with E-state index in [0.717, 1.165) is 12.8 Å². The molecule has 1 atom stereocenters. The summed E-state index contributed by atoms with van der Waals surface area (Å²) in [6, 6.07) is 8.20. The first kappa shape index (κ1) is 14.2. The first-order valence-corrected chi connectivity index (χ1v) is 7.14. The van der Waals surface area contributed by atoms with E-state index in [0.29, 0.717) is 6.61 Å². The molecule has 0 aliphatic heterocycles. The standard InChI is InChI=1S/C12H19NO3S/c1-3-7-11(10-16-2)13-17(14,15)12-8-5-4-6-9-12/h4-6,8-9,11,13H,3,7,10H2,1-2H3. The minimum Gasteiger partial charge on any atom is -0.383 e. The zero-order valence-electron chi connectivity index (χ0n) is 10.2. The highest BCUT2D eigenvalue weighted by atomic mass is 32.2. The highest BCUT2D eigenvalue weighted by Gasteiger charge is 2.18. The van der Waals surface area contributed by atoms with Crippen molar-refractivity contribution >= 4 is 10.0 Å². The lowest BCUT2D eigenvalue weighted by Crippen LogP contribution is -2.37. The number of benzene rings is 1. The van der Waals surface area contributed by atoms with Gasteiger partial charge in [0.05, 0.1) is 11.5 Å². The first-order valence-electron chi connectivity index (χ1n) is 5.66. The summed E-state index contributed by atoms with van der Waals surface area (Å²) in [5, 5.41) is 0. The van der Waals surface area contributed by atoms with Gasteiger partial charge < -0.3 is 4.74 Å². The van der Waals surface area contributed by atoms with Gasteiger partial charge in [0.2, 0.25) is 10.0 Å². The van der Waals surface area contributed by atoms with Crippen molar-refractivity contribution in [1.82, 2.24) is 4.72 Å². The SMILES string of the molecule is CCCC(COC)NS(=O)(=O)c1ccccc1. The summed E-state index contributed by atoms with van der Waals surface area (Å²) in [5.41, 5.74) is 0. The molecule has 0 heterocycles. The molecule has 0 bridgehead atoms. The zero-order chi connectivity index (χ0) is 12.7. The Morgan fingerprint density at radius 3 is 2.47 bits per heavy atom. The van der Waals surface area contributed by atoms with Crippen LogP contribution in [0.4, 0.5) is 0 Å². The predicted octanol–water partition coefficient (Wildman–Crippen LogP) is 1.78. The van der Waals surface area contributed by atoms with E-state index >= 15 is 0 Å². The maximum absolute atomic E-state index is 12.0. The summed E-state index contributed by atoms with van der Waals surface area (Å²) in [4.78, 5) is 0.289. The number of nitrogens with one attached hydrogen (secondary N) is 1. The van der Waals surface area contributed by atoms with Crippen molar-refractivity contribution in [2.75, 3.05) is 13.7 Å². The van der Waals surface area contributed by atoms with Crippen molar-refractivity contribution < 1.29 is 13.2 Å². The second-order valence-corrected chi connectivity index (χ2v) is 5.59. The molecule has 1 N–H and O–H groups in total. The van der Waals surface area contributed by atoms with Crippen LogP contribution in [0.25, 0.3) is 0 Å². The monoisotopic (exact) mass is 257 g/mol. The summed E-state index contributed by atoms with van der Waals surface area (Å²) in [7, 11) is -1.86. The van der Waals surface area contributed by atoms with Gasteiger partial charge in [-0.1, -0.05) is 31.5 Å². The van der Waals surface area contributed by atoms with Crippen LogP contribution in [0.3, 0.4) is 0 Å². The van der Waals surface area contributed by atoms with Crippen LogP contribution in [-0.4, -0.2) is 28.2 Å². The van der Waals surface area contributed by atoms with Gasteiger partial charge in [0, 0.05) is 13.2 Å². The fourth-order valence-corrected chi connectivity index (χ4v) is 2.89. The average Bonchev–Trinajstić information content (AvgIpc) is 2.30. The summed E-state index contributed by atoms with van der Waals surface area (Å²) < 4.78 is 31.7. The molecular weight excluding hydrogens is 238 g/mol. The normalized spacial score (nSPS) is 13.5. The van der Waals surface area contributed by atoms with E-state index in [1.54, 1.807) is 37.4 Å². The third kappa shape index (κ3) is 4.46. The van der Waals surface area contributed by atoms with Crippen LogP contribution in [0, 0.1) is 0 Å². The van der Waals surface area contributed by atoms with Gasteiger partial charge in [0.25, 0.3) is 0 Å². The summed E-state index contributed by atoms with van der Waals surface area (Å²) in [6.45, 7) is 2.40. The van der Waals surface area contributed by atoms with Crippen molar-refractivity contribution in [2.45, 2.75) is 30.7 Å². The maximum atomic E-state index is 12.0. The quantitative estimate of drug-likeness (QED) is 0.810. The second kappa shape index (κ2) is 6.74. The van der Waals surface area contributed by atoms with Gasteiger partial charge in [-0.2, -0.15) is 0 Å². The lowest BCUT2D eigenvalue weighted by Gasteiger charge is -2.17. The average molecular weight is 257 g/mol. The highest BCUT2D eigenvalue weighted by molar-refractivity contribution is 7.89. The molecule has 96 valence electrons. The number of hydrogen-bond acceptors (Lipinski definition) is 3. The number of hydrogen-bond donors (Lipinski definition) is 1. The van der Waals surface area contributed by atoms with Crippen LogP contribution in [0.15, 0.2) is 35.2 Å². The molecule has 1 unspecified atom stereocenters. The van der Waals surface area contributed by atoms with E-state index in [2.05, 4.69) is 4.72 Å². The third-order valence-electron chi connectivity index (χ3n) is 2.38. The van der Waals surface area contributed by atoms with Crippen molar-refractivity contribution in [2.24, 2.45) is 0 Å². The van der Waals surface area contributed by atoms with Gasteiger partial charge in [-0.3, -0.25) is 0 Å². The van der Waals surface area contributed by atoms with Crippen LogP contribution in [0.2, 0.25) is 0 Å². The van der Waals surface area contributed by atoms with Gasteiger partial charge in [0.15, 0.2) is 0 Å². The molecule has 0 saturated heterocycles. The van der Waals surface area contributed by atoms with Gasteiger partial charge in [-0.25, -0.2) is 13.1 Å². The molecule has 1 aromatic rings. The Hall–Kier alpha value is -0.910. The first-order chi connectivity index (χ1) is 8.10. The Kier molecular flexibility index (Phi) is 5.61. The highest BCUT2D eigenvalue weighted by Crippen LogP contribution is 2.09. The van der Waals surface area contributed by atoms with Crippen LogP contribution in [0.1, 0.15) is 19.8 Å². The Morgan fingerprint density at radius 1 is 1.29 bits per heavy atom. The Bertz CT molecular complexity index is 411. The molecule has 0 aromatic heterocycles. The lowest BCUT2D eigenvalue weighted by atomic mass is 10.2. The predicted molar refractivity (Wildman–Crippen MR) is 67.3 cm³/mol. The molecule has 0 aliphatic rings. The van der Waals surface area contributed by atoms with E-state index in [1.807, 2.05) is 6.92 Å². The van der Waals surface area contributed by atoms with Crippen molar-refractivity contribution in [1.29, 1.82) is 0 Å². The molecule has 17 heavy (non-hydrogen) atoms. The van der Waals surface area contributed by atoms with Crippen molar-refractivity contribution in [3.8, 4) is 0 Å². The summed E-state index contributed by atoms with van der Waals surface area (Å²) >= 11 is 0. The summed E-state index contributed by atoms with van der Waals surface area (Å²) in [6.07, 6.45) is 1.67. The molecule has 0 fully saturated rings. The summed E-state index contributed by atoms with van der Waals surface area (Å²) in [5.74, 6) is 0. The van der Waals surface area contributed by atoms with E-state index in [9.17, 15) is 8.42 Å². The van der Waals surface area contributed by atoms with Crippen molar-refractivity contribution in [3.63, 3.8) is 0 Å². The molecule has 0 amide bonds. The minimum atomic E-state index is -3.43. The number of sulfonamides is 1. The molecule has 1 rings (SSSR count). The lowest BCUT2D eigenvalue weighted by molar-refractivity contribution is 0.171. The van der Waals surface area contributed by atoms with Gasteiger partial charge in [-0.05, 0) is 18.6 Å². The molecule has 0 saturated carbocycles. The Morgan fingerprint density at radius 2 is 1.94 bits per heavy atom. The van der Waals surface area contributed by atoms with Crippen LogP contribution in [-0.2, 0) is 14.8 Å². The molecule has 1 aromatic carbocycles. The smallest absolute Gasteiger partial charge is 0.240 e. The van der Waals surface area contributed by atoms with E-state index < -0.39 is 10.0 Å². The van der Waals surface area contributed by atoms with Crippen LogP contribution in [0.5, 0.6) is 0 Å². The second-order valence-electron chi connectivity index (χ2n) is 3.88. The molecule has 0 radical (unpaired) electrons. The third-order valence-corrected chi connectivity index (χ3v) is 3.92. The van der Waals surface area contributed by atoms with Gasteiger partial charge in [0.1, 0.15) is 0 Å². The fourth-order valence-electron chi connectivity index (χ4n) is 1.61.